The fraction of sp³-hybridized carbons (Fsp3) is 0.281. The van der Waals surface area contributed by atoms with Gasteiger partial charge in [-0.15, -0.1) is 0 Å². The molecule has 0 aliphatic carbocycles. The summed E-state index contributed by atoms with van der Waals surface area (Å²) >= 11 is 6.00. The molecule has 1 N–H and O–H groups in total. The van der Waals surface area contributed by atoms with Gasteiger partial charge in [-0.1, -0.05) is 29.8 Å². The topological polar surface area (TPSA) is 97.2 Å². The highest BCUT2D eigenvalue weighted by Gasteiger charge is 2.40. The van der Waals surface area contributed by atoms with Gasteiger partial charge in [0.1, 0.15) is 30.4 Å². The standard InChI is InChI=1S/C32H30ClF2N5O3/c1-18(21-5-4-6-24(33)9-21)28(35)14-38-32(43)30-11-25(34)15-40(30)31(42)17-39-16-27(19(2)41)26-10-22(7-8-29(26)39)23-12-36-20(3)37-13-23/h4-10,12-13,16,25,30H,11,14-15,17H2,1-3H3,(H,38,43)/b28-18+/t25-,30+/m1/s1. The van der Waals surface area contributed by atoms with Gasteiger partial charge in [-0.05, 0) is 61.7 Å². The number of nitrogens with zero attached hydrogens (tertiary/aromatic N) is 4. The van der Waals surface area contributed by atoms with Crippen LogP contribution in [0.15, 0.2) is 66.9 Å². The number of halogens is 3. The quantitative estimate of drug-likeness (QED) is 0.259. The summed E-state index contributed by atoms with van der Waals surface area (Å²) in [6, 6.07) is 11.1. The molecule has 1 aliphatic rings. The van der Waals surface area contributed by atoms with Crippen molar-refractivity contribution in [2.45, 2.75) is 46.0 Å². The summed E-state index contributed by atoms with van der Waals surface area (Å²) in [5, 5.41) is 3.61. The number of allylic oxidation sites excluding steroid dienone is 1. The second kappa shape index (κ2) is 12.4. The van der Waals surface area contributed by atoms with Gasteiger partial charge in [0.15, 0.2) is 5.78 Å². The van der Waals surface area contributed by atoms with Crippen LogP contribution in [-0.2, 0) is 16.1 Å². The Morgan fingerprint density at radius 2 is 1.81 bits per heavy atom. The Morgan fingerprint density at radius 3 is 2.51 bits per heavy atom. The summed E-state index contributed by atoms with van der Waals surface area (Å²) in [7, 11) is 0. The van der Waals surface area contributed by atoms with Gasteiger partial charge in [0.2, 0.25) is 11.8 Å². The molecule has 5 rings (SSSR count). The number of ketones is 1. The number of amides is 2. The van der Waals surface area contributed by atoms with Gasteiger partial charge in [-0.3, -0.25) is 14.4 Å². The summed E-state index contributed by atoms with van der Waals surface area (Å²) in [5.41, 5.74) is 3.53. The first-order valence-electron chi connectivity index (χ1n) is 13.8. The molecule has 3 heterocycles. The number of nitrogens with one attached hydrogen (secondary N) is 1. The van der Waals surface area contributed by atoms with Gasteiger partial charge in [-0.2, -0.15) is 0 Å². The zero-order chi connectivity index (χ0) is 30.8. The largest absolute Gasteiger partial charge is 0.348 e. The number of carbonyl (C=O) groups is 3. The van der Waals surface area contributed by atoms with Crippen LogP contribution in [0.1, 0.15) is 42.0 Å². The predicted octanol–water partition coefficient (Wildman–Crippen LogP) is 5.72. The molecular weight excluding hydrogens is 576 g/mol. The zero-order valence-electron chi connectivity index (χ0n) is 23.9. The van der Waals surface area contributed by atoms with Crippen LogP contribution in [0.4, 0.5) is 8.78 Å². The van der Waals surface area contributed by atoms with E-state index in [1.54, 1.807) is 67.3 Å². The van der Waals surface area contributed by atoms with Crippen LogP contribution in [0.3, 0.4) is 0 Å². The third-order valence-electron chi connectivity index (χ3n) is 7.64. The van der Waals surface area contributed by atoms with Crippen molar-refractivity contribution in [2.75, 3.05) is 13.1 Å². The zero-order valence-corrected chi connectivity index (χ0v) is 24.7. The van der Waals surface area contributed by atoms with E-state index in [1.807, 2.05) is 12.1 Å². The fourth-order valence-corrected chi connectivity index (χ4v) is 5.46. The van der Waals surface area contributed by atoms with Crippen molar-refractivity contribution in [3.8, 4) is 11.1 Å². The smallest absolute Gasteiger partial charge is 0.243 e. The van der Waals surface area contributed by atoms with Crippen molar-refractivity contribution in [1.82, 2.24) is 24.8 Å². The van der Waals surface area contributed by atoms with Gasteiger partial charge in [0.25, 0.3) is 0 Å². The monoisotopic (exact) mass is 605 g/mol. The molecule has 2 aromatic carbocycles. The number of likely N-dealkylation sites (tertiary alicyclic amines) is 1. The van der Waals surface area contributed by atoms with Crippen LogP contribution in [0.2, 0.25) is 5.02 Å². The van der Waals surface area contributed by atoms with Gasteiger partial charge < -0.3 is 14.8 Å². The second-order valence-electron chi connectivity index (χ2n) is 10.6. The molecule has 1 aliphatic heterocycles. The number of hydrogen-bond acceptors (Lipinski definition) is 5. The van der Waals surface area contributed by atoms with Crippen LogP contribution in [0.25, 0.3) is 27.6 Å². The van der Waals surface area contributed by atoms with Crippen molar-refractivity contribution in [1.29, 1.82) is 0 Å². The highest BCUT2D eigenvalue weighted by atomic mass is 35.5. The van der Waals surface area contributed by atoms with Gasteiger partial charge in [0.05, 0.1) is 13.1 Å². The third-order valence-corrected chi connectivity index (χ3v) is 7.87. The first kappa shape index (κ1) is 30.0. The molecule has 4 aromatic rings. The van der Waals surface area contributed by atoms with E-state index in [0.717, 1.165) is 11.1 Å². The summed E-state index contributed by atoms with van der Waals surface area (Å²) < 4.78 is 31.0. The number of alkyl halides is 1. The van der Waals surface area contributed by atoms with Crippen LogP contribution < -0.4 is 5.32 Å². The van der Waals surface area contributed by atoms with E-state index in [4.69, 9.17) is 11.6 Å². The van der Waals surface area contributed by atoms with E-state index >= 15 is 0 Å². The molecule has 2 amide bonds. The predicted molar refractivity (Wildman–Crippen MR) is 161 cm³/mol. The average molecular weight is 606 g/mol. The summed E-state index contributed by atoms with van der Waals surface area (Å²) in [6.45, 7) is 3.92. The molecule has 8 nitrogen and oxygen atoms in total. The van der Waals surface area contributed by atoms with Crippen molar-refractivity contribution < 1.29 is 23.2 Å². The van der Waals surface area contributed by atoms with E-state index in [2.05, 4.69) is 15.3 Å². The fourth-order valence-electron chi connectivity index (χ4n) is 5.27. The molecule has 1 saturated heterocycles. The first-order chi connectivity index (χ1) is 20.5. The Hall–Kier alpha value is -4.44. The Labute approximate surface area is 252 Å². The van der Waals surface area contributed by atoms with E-state index in [-0.39, 0.29) is 25.3 Å². The molecule has 222 valence electrons. The Balaban J connectivity index is 1.33. The summed E-state index contributed by atoms with van der Waals surface area (Å²) in [5.74, 6) is -1.25. The molecule has 1 fully saturated rings. The molecule has 0 unspecified atom stereocenters. The lowest BCUT2D eigenvalue weighted by atomic mass is 10.0. The van der Waals surface area contributed by atoms with Crippen LogP contribution in [0.5, 0.6) is 0 Å². The van der Waals surface area contributed by atoms with Gasteiger partial charge in [0, 0.05) is 52.1 Å². The van der Waals surface area contributed by atoms with Crippen molar-refractivity contribution in [2.24, 2.45) is 0 Å². The van der Waals surface area contributed by atoms with Gasteiger partial charge in [-0.25, -0.2) is 18.7 Å². The number of fused-ring (bicyclic) bond motifs is 1. The Kier molecular flexibility index (Phi) is 8.68. The third kappa shape index (κ3) is 6.49. The molecule has 0 spiro atoms. The lowest BCUT2D eigenvalue weighted by Gasteiger charge is -2.24. The number of hydrogen-bond donors (Lipinski definition) is 1. The number of carbonyl (C=O) groups excluding carboxylic acids is 3. The highest BCUT2D eigenvalue weighted by molar-refractivity contribution is 6.30. The molecule has 2 atom stereocenters. The number of aryl methyl sites for hydroxylation is 1. The number of aromatic nitrogens is 3. The normalized spacial score (nSPS) is 17.2. The molecule has 0 radical (unpaired) electrons. The van der Waals surface area contributed by atoms with Crippen molar-refractivity contribution in [3.05, 3.63) is 88.9 Å². The Bertz CT molecular complexity index is 1750. The van der Waals surface area contributed by atoms with Crippen molar-refractivity contribution >= 4 is 45.7 Å². The second-order valence-corrected chi connectivity index (χ2v) is 11.1. The van der Waals surface area contributed by atoms with Crippen LogP contribution >= 0.6 is 11.6 Å². The maximum Gasteiger partial charge on any atom is 0.243 e. The van der Waals surface area contributed by atoms with E-state index < -0.39 is 36.4 Å². The van der Waals surface area contributed by atoms with Gasteiger partial charge >= 0.3 is 0 Å². The maximum absolute atomic E-state index is 14.9. The summed E-state index contributed by atoms with van der Waals surface area (Å²) in [4.78, 5) is 48.6. The molecule has 0 bridgehead atoms. The molecule has 2 aromatic heterocycles. The highest BCUT2D eigenvalue weighted by Crippen LogP contribution is 2.29. The Morgan fingerprint density at radius 1 is 1.07 bits per heavy atom. The minimum atomic E-state index is -1.40. The van der Waals surface area contributed by atoms with E-state index in [9.17, 15) is 23.2 Å². The number of benzene rings is 2. The summed E-state index contributed by atoms with van der Waals surface area (Å²) in [6.07, 6.45) is 3.40. The molecule has 43 heavy (non-hydrogen) atoms. The lowest BCUT2D eigenvalue weighted by molar-refractivity contribution is -0.138. The van der Waals surface area contributed by atoms with E-state index in [0.29, 0.717) is 38.4 Å². The van der Waals surface area contributed by atoms with E-state index in [1.165, 1.54) is 11.8 Å². The molecule has 11 heteroatoms. The lowest BCUT2D eigenvalue weighted by Crippen LogP contribution is -2.47. The molecule has 0 saturated carbocycles. The van der Waals surface area contributed by atoms with Crippen molar-refractivity contribution in [3.63, 3.8) is 0 Å². The number of Topliss-reactive ketones (excluding diaryl/α,β-unsaturated/α-hetero) is 1. The van der Waals surface area contributed by atoms with Crippen LogP contribution in [0, 0.1) is 6.92 Å². The number of rotatable bonds is 8. The minimum Gasteiger partial charge on any atom is -0.348 e. The van der Waals surface area contributed by atoms with Crippen LogP contribution in [-0.4, -0.2) is 62.3 Å². The SMILES string of the molecule is CC(=O)c1cn(CC(=O)N2C[C@H](F)C[C@H]2C(=O)NC/C(F)=C(/C)c2cccc(Cl)c2)c2ccc(-c3cnc(C)nc3)cc12. The minimum absolute atomic E-state index is 0.182. The maximum atomic E-state index is 14.9. The molecular formula is C32H30ClF2N5O3. The average Bonchev–Trinajstić information content (AvgIpc) is 3.56. The first-order valence-corrected chi connectivity index (χ1v) is 14.1.